The third kappa shape index (κ3) is 4.30. The Bertz CT molecular complexity index is 962. The van der Waals surface area contributed by atoms with Crippen LogP contribution in [0.4, 0.5) is 20.5 Å². The summed E-state index contributed by atoms with van der Waals surface area (Å²) in [5.41, 5.74) is 7.04. The van der Waals surface area contributed by atoms with Crippen molar-refractivity contribution in [2.24, 2.45) is 12.8 Å². The van der Waals surface area contributed by atoms with Crippen molar-refractivity contribution in [2.75, 3.05) is 17.2 Å². The first-order valence-corrected chi connectivity index (χ1v) is 8.56. The summed E-state index contributed by atoms with van der Waals surface area (Å²) in [4.78, 5) is 8.99. The van der Waals surface area contributed by atoms with Crippen LogP contribution in [-0.2, 0) is 7.05 Å². The number of rotatable bonds is 5. The highest BCUT2D eigenvalue weighted by atomic mass is 19.2. The molecular weight excluding hydrogens is 352 g/mol. The van der Waals surface area contributed by atoms with Gasteiger partial charge in [-0.05, 0) is 38.5 Å². The highest BCUT2D eigenvalue weighted by Crippen LogP contribution is 2.24. The number of hydrogen-bond donors (Lipinski definition) is 3. The molecule has 1 aromatic carbocycles. The van der Waals surface area contributed by atoms with E-state index in [4.69, 9.17) is 5.73 Å². The van der Waals surface area contributed by atoms with E-state index in [1.807, 2.05) is 20.8 Å². The number of fused-ring (bicyclic) bond motifs is 1. The van der Waals surface area contributed by atoms with E-state index < -0.39 is 17.7 Å². The van der Waals surface area contributed by atoms with Gasteiger partial charge in [0.1, 0.15) is 5.82 Å². The highest BCUT2D eigenvalue weighted by molar-refractivity contribution is 5.87. The lowest BCUT2D eigenvalue weighted by Crippen LogP contribution is -2.27. The van der Waals surface area contributed by atoms with E-state index in [0.29, 0.717) is 23.0 Å². The van der Waals surface area contributed by atoms with Gasteiger partial charge in [-0.25, -0.2) is 8.78 Å². The Morgan fingerprint density at radius 2 is 1.93 bits per heavy atom. The summed E-state index contributed by atoms with van der Waals surface area (Å²) >= 11 is 0. The number of nitrogens with zero attached hydrogens (tertiary/aromatic N) is 4. The molecule has 4 N–H and O–H groups in total. The maximum atomic E-state index is 13.4. The molecule has 1 atom stereocenters. The molecule has 27 heavy (non-hydrogen) atoms. The van der Waals surface area contributed by atoms with Crippen LogP contribution in [0.2, 0.25) is 0 Å². The second-order valence-corrected chi connectivity index (χ2v) is 7.44. The van der Waals surface area contributed by atoms with Crippen LogP contribution in [0.15, 0.2) is 24.4 Å². The fraction of sp³-hybridized carbons (Fsp3) is 0.389. The minimum Gasteiger partial charge on any atom is -0.365 e. The van der Waals surface area contributed by atoms with E-state index in [0.717, 1.165) is 17.5 Å². The maximum absolute atomic E-state index is 13.4. The first-order valence-electron chi connectivity index (χ1n) is 8.56. The van der Waals surface area contributed by atoms with E-state index in [9.17, 15) is 8.78 Å². The van der Waals surface area contributed by atoms with Crippen molar-refractivity contribution in [1.82, 2.24) is 19.7 Å². The van der Waals surface area contributed by atoms with Gasteiger partial charge in [-0.1, -0.05) is 6.07 Å². The quantitative estimate of drug-likeness (QED) is 0.635. The van der Waals surface area contributed by atoms with Crippen molar-refractivity contribution >= 4 is 22.8 Å². The maximum Gasteiger partial charge on any atom is 0.226 e. The molecule has 0 aliphatic carbocycles. The van der Waals surface area contributed by atoms with Crippen molar-refractivity contribution < 1.29 is 8.78 Å². The molecule has 3 aromatic rings. The van der Waals surface area contributed by atoms with Gasteiger partial charge in [-0.15, -0.1) is 0 Å². The number of benzene rings is 1. The predicted molar refractivity (Wildman–Crippen MR) is 101 cm³/mol. The van der Waals surface area contributed by atoms with Gasteiger partial charge in [-0.2, -0.15) is 15.1 Å². The molecule has 2 aromatic heterocycles. The van der Waals surface area contributed by atoms with Gasteiger partial charge in [-0.3, -0.25) is 4.68 Å². The Morgan fingerprint density at radius 1 is 1.19 bits per heavy atom. The first-order chi connectivity index (χ1) is 12.6. The SMILES string of the molecule is Cn1ncc2c(NC(C)(C)C)nc(NC[C@@H](N)c3ccc(F)c(F)c3)nc21. The topological polar surface area (TPSA) is 93.7 Å². The summed E-state index contributed by atoms with van der Waals surface area (Å²) in [5.74, 6) is -0.797. The molecule has 144 valence electrons. The smallest absolute Gasteiger partial charge is 0.226 e. The van der Waals surface area contributed by atoms with Crippen molar-refractivity contribution in [3.63, 3.8) is 0 Å². The number of hydrogen-bond acceptors (Lipinski definition) is 6. The molecular formula is C18H23F2N7. The van der Waals surface area contributed by atoms with E-state index in [-0.39, 0.29) is 12.1 Å². The Kier molecular flexibility index (Phi) is 4.97. The molecule has 2 heterocycles. The summed E-state index contributed by atoms with van der Waals surface area (Å²) in [5, 5.41) is 11.5. The van der Waals surface area contributed by atoms with Gasteiger partial charge in [0.2, 0.25) is 5.95 Å². The third-order valence-electron chi connectivity index (χ3n) is 3.94. The summed E-state index contributed by atoms with van der Waals surface area (Å²) in [6.07, 6.45) is 1.71. The lowest BCUT2D eigenvalue weighted by Gasteiger charge is -2.22. The third-order valence-corrected chi connectivity index (χ3v) is 3.94. The Labute approximate surface area is 156 Å². The van der Waals surface area contributed by atoms with Crippen LogP contribution in [0.1, 0.15) is 32.4 Å². The molecule has 3 rings (SSSR count). The molecule has 0 fully saturated rings. The van der Waals surface area contributed by atoms with E-state index in [1.54, 1.807) is 17.9 Å². The van der Waals surface area contributed by atoms with E-state index in [1.165, 1.54) is 6.07 Å². The van der Waals surface area contributed by atoms with Crippen LogP contribution in [-0.4, -0.2) is 31.8 Å². The molecule has 0 spiro atoms. The number of aromatic nitrogens is 4. The predicted octanol–water partition coefficient (Wildman–Crippen LogP) is 2.96. The number of nitrogens with one attached hydrogen (secondary N) is 2. The molecule has 0 unspecified atom stereocenters. The van der Waals surface area contributed by atoms with Gasteiger partial charge in [0.25, 0.3) is 0 Å². The fourth-order valence-corrected chi connectivity index (χ4v) is 2.61. The highest BCUT2D eigenvalue weighted by Gasteiger charge is 2.17. The van der Waals surface area contributed by atoms with Crippen LogP contribution < -0.4 is 16.4 Å². The molecule has 7 nitrogen and oxygen atoms in total. The van der Waals surface area contributed by atoms with Crippen molar-refractivity contribution in [2.45, 2.75) is 32.4 Å². The molecule has 0 aliphatic rings. The van der Waals surface area contributed by atoms with Crippen LogP contribution in [0.5, 0.6) is 0 Å². The normalized spacial score (nSPS) is 13.0. The van der Waals surface area contributed by atoms with Gasteiger partial charge < -0.3 is 16.4 Å². The van der Waals surface area contributed by atoms with Gasteiger partial charge in [0.15, 0.2) is 17.3 Å². The molecule has 0 saturated heterocycles. The largest absolute Gasteiger partial charge is 0.365 e. The lowest BCUT2D eigenvalue weighted by atomic mass is 10.1. The minimum absolute atomic E-state index is 0.198. The Morgan fingerprint density at radius 3 is 2.59 bits per heavy atom. The molecule has 0 bridgehead atoms. The summed E-state index contributed by atoms with van der Waals surface area (Å²) < 4.78 is 28.1. The molecule has 0 amide bonds. The van der Waals surface area contributed by atoms with Crippen LogP contribution in [0.25, 0.3) is 11.0 Å². The fourth-order valence-electron chi connectivity index (χ4n) is 2.61. The zero-order valence-electron chi connectivity index (χ0n) is 15.7. The average Bonchev–Trinajstić information content (AvgIpc) is 2.95. The summed E-state index contributed by atoms with van der Waals surface area (Å²) in [7, 11) is 1.80. The first kappa shape index (κ1) is 19.0. The minimum atomic E-state index is -0.924. The van der Waals surface area contributed by atoms with Crippen molar-refractivity contribution in [3.05, 3.63) is 41.6 Å². The number of halogens is 2. The van der Waals surface area contributed by atoms with Crippen LogP contribution >= 0.6 is 0 Å². The second kappa shape index (κ2) is 7.07. The number of anilines is 2. The Hall–Kier alpha value is -2.81. The second-order valence-electron chi connectivity index (χ2n) is 7.44. The van der Waals surface area contributed by atoms with Gasteiger partial charge in [0.05, 0.1) is 11.6 Å². The van der Waals surface area contributed by atoms with E-state index >= 15 is 0 Å². The monoisotopic (exact) mass is 375 g/mol. The van der Waals surface area contributed by atoms with Crippen molar-refractivity contribution in [3.8, 4) is 0 Å². The number of aryl methyl sites for hydroxylation is 1. The summed E-state index contributed by atoms with van der Waals surface area (Å²) in [6, 6.07) is 3.07. The molecule has 0 aliphatic heterocycles. The zero-order valence-corrected chi connectivity index (χ0v) is 15.7. The lowest BCUT2D eigenvalue weighted by molar-refractivity contribution is 0.505. The van der Waals surface area contributed by atoms with Gasteiger partial charge >= 0.3 is 0 Å². The van der Waals surface area contributed by atoms with Crippen LogP contribution in [0, 0.1) is 11.6 Å². The summed E-state index contributed by atoms with van der Waals surface area (Å²) in [6.45, 7) is 6.35. The zero-order chi connectivity index (χ0) is 19.8. The van der Waals surface area contributed by atoms with Crippen LogP contribution in [0.3, 0.4) is 0 Å². The standard InChI is InChI=1S/C18H23F2N7/c1-18(2,3)26-15-11-8-23-27(4)16(11)25-17(24-15)22-9-14(21)10-5-6-12(19)13(20)7-10/h5-8,14H,9,21H2,1-4H3,(H2,22,24,25,26)/t14-/m1/s1. The average molecular weight is 375 g/mol. The molecule has 0 saturated carbocycles. The number of nitrogens with two attached hydrogens (primary N) is 1. The van der Waals surface area contributed by atoms with E-state index in [2.05, 4.69) is 25.7 Å². The van der Waals surface area contributed by atoms with Crippen molar-refractivity contribution in [1.29, 1.82) is 0 Å². The van der Waals surface area contributed by atoms with Gasteiger partial charge in [0, 0.05) is 25.2 Å². The molecule has 9 heteroatoms. The molecule has 0 radical (unpaired) electrons. The Balaban J connectivity index is 1.83.